The van der Waals surface area contributed by atoms with E-state index in [0.29, 0.717) is 23.4 Å². The summed E-state index contributed by atoms with van der Waals surface area (Å²) >= 11 is 0. The van der Waals surface area contributed by atoms with Gasteiger partial charge in [0.05, 0.1) is 12.7 Å². The SMILES string of the molecule is O=C(NCC1CN(Cc2ccccc2)CCO1)c1ccc[n+]([O-])c1. The molecule has 1 aromatic carbocycles. The second-order valence-electron chi connectivity index (χ2n) is 5.88. The molecule has 1 atom stereocenters. The van der Waals surface area contributed by atoms with Gasteiger partial charge in [-0.1, -0.05) is 30.3 Å². The minimum absolute atomic E-state index is 0.0468. The van der Waals surface area contributed by atoms with Gasteiger partial charge < -0.3 is 15.3 Å². The number of rotatable bonds is 5. The number of hydrogen-bond donors (Lipinski definition) is 1. The molecule has 6 heteroatoms. The van der Waals surface area contributed by atoms with Gasteiger partial charge in [-0.25, -0.2) is 0 Å². The number of amides is 1. The number of nitrogens with zero attached hydrogens (tertiary/aromatic N) is 2. The molecule has 1 N–H and O–H groups in total. The van der Waals surface area contributed by atoms with Gasteiger partial charge in [-0.3, -0.25) is 9.69 Å². The van der Waals surface area contributed by atoms with E-state index in [9.17, 15) is 10.0 Å². The maximum atomic E-state index is 12.1. The summed E-state index contributed by atoms with van der Waals surface area (Å²) in [6, 6.07) is 13.5. The highest BCUT2D eigenvalue weighted by molar-refractivity contribution is 5.93. The largest absolute Gasteiger partial charge is 0.619 e. The summed E-state index contributed by atoms with van der Waals surface area (Å²) in [6.07, 6.45) is 2.57. The van der Waals surface area contributed by atoms with E-state index in [4.69, 9.17) is 4.74 Å². The van der Waals surface area contributed by atoms with Crippen molar-refractivity contribution in [2.45, 2.75) is 12.6 Å². The van der Waals surface area contributed by atoms with E-state index in [2.05, 4.69) is 22.3 Å². The highest BCUT2D eigenvalue weighted by Gasteiger charge is 2.21. The third kappa shape index (κ3) is 4.53. The Kier molecular flexibility index (Phi) is 5.40. The quantitative estimate of drug-likeness (QED) is 0.656. The number of morpholine rings is 1. The first-order valence-corrected chi connectivity index (χ1v) is 8.05. The summed E-state index contributed by atoms with van der Waals surface area (Å²) in [5.74, 6) is -0.260. The molecule has 1 aromatic heterocycles. The predicted molar refractivity (Wildman–Crippen MR) is 89.2 cm³/mol. The molecule has 3 rings (SSSR count). The number of pyridine rings is 1. The Balaban J connectivity index is 1.49. The molecular formula is C18H21N3O3. The molecule has 2 heterocycles. The minimum atomic E-state index is -0.260. The standard InChI is InChI=1S/C18H21N3O3/c22-18(16-7-4-8-21(23)13-16)19-11-17-14-20(9-10-24-17)12-15-5-2-1-3-6-15/h1-8,13,17H,9-12,14H2,(H,19,22). The summed E-state index contributed by atoms with van der Waals surface area (Å²) in [7, 11) is 0. The van der Waals surface area contributed by atoms with Crippen LogP contribution in [0.3, 0.4) is 0 Å². The highest BCUT2D eigenvalue weighted by Crippen LogP contribution is 2.10. The van der Waals surface area contributed by atoms with Crippen molar-refractivity contribution in [3.05, 3.63) is 71.2 Å². The van der Waals surface area contributed by atoms with Crippen molar-refractivity contribution < 1.29 is 14.3 Å². The molecule has 1 aliphatic rings. The van der Waals surface area contributed by atoms with E-state index in [1.807, 2.05) is 18.2 Å². The number of hydrogen-bond acceptors (Lipinski definition) is 4. The second-order valence-corrected chi connectivity index (χ2v) is 5.88. The Morgan fingerprint density at radius 3 is 2.92 bits per heavy atom. The summed E-state index contributed by atoms with van der Waals surface area (Å²) < 4.78 is 6.35. The zero-order valence-corrected chi connectivity index (χ0v) is 13.4. The molecule has 1 saturated heterocycles. The third-order valence-electron chi connectivity index (χ3n) is 4.00. The number of nitrogens with one attached hydrogen (secondary N) is 1. The molecule has 0 spiro atoms. The summed E-state index contributed by atoms with van der Waals surface area (Å²) in [5, 5.41) is 14.1. The molecule has 1 unspecified atom stereocenters. The first-order chi connectivity index (χ1) is 11.7. The van der Waals surface area contributed by atoms with Gasteiger partial charge in [0.25, 0.3) is 5.91 Å². The van der Waals surface area contributed by atoms with Gasteiger partial charge in [0.15, 0.2) is 12.4 Å². The molecule has 0 saturated carbocycles. The van der Waals surface area contributed by atoms with Gasteiger partial charge in [0.2, 0.25) is 0 Å². The summed E-state index contributed by atoms with van der Waals surface area (Å²) in [4.78, 5) is 14.4. The lowest BCUT2D eigenvalue weighted by atomic mass is 10.2. The Morgan fingerprint density at radius 1 is 1.29 bits per heavy atom. The van der Waals surface area contributed by atoms with Gasteiger partial charge >= 0.3 is 0 Å². The topological polar surface area (TPSA) is 68.5 Å². The van der Waals surface area contributed by atoms with Crippen LogP contribution in [0.5, 0.6) is 0 Å². The number of carbonyl (C=O) groups excluding carboxylic acids is 1. The fraction of sp³-hybridized carbons (Fsp3) is 0.333. The Morgan fingerprint density at radius 2 is 2.12 bits per heavy atom. The first-order valence-electron chi connectivity index (χ1n) is 8.05. The molecule has 24 heavy (non-hydrogen) atoms. The van der Waals surface area contributed by atoms with E-state index in [-0.39, 0.29) is 12.0 Å². The number of aromatic nitrogens is 1. The van der Waals surface area contributed by atoms with Crippen molar-refractivity contribution in [3.8, 4) is 0 Å². The van der Waals surface area contributed by atoms with E-state index in [1.165, 1.54) is 18.0 Å². The van der Waals surface area contributed by atoms with Crippen LogP contribution in [0.15, 0.2) is 54.9 Å². The Hall–Kier alpha value is -2.44. The first kappa shape index (κ1) is 16.4. The van der Waals surface area contributed by atoms with Crippen LogP contribution in [-0.4, -0.2) is 43.2 Å². The van der Waals surface area contributed by atoms with Crippen LogP contribution in [0.4, 0.5) is 0 Å². The monoisotopic (exact) mass is 327 g/mol. The van der Waals surface area contributed by atoms with Gasteiger partial charge in [-0.15, -0.1) is 0 Å². The van der Waals surface area contributed by atoms with Crippen molar-refractivity contribution >= 4 is 5.91 Å². The number of carbonyl (C=O) groups is 1. The van der Waals surface area contributed by atoms with Gasteiger partial charge in [0.1, 0.15) is 5.56 Å². The average Bonchev–Trinajstić information content (AvgIpc) is 2.61. The van der Waals surface area contributed by atoms with Crippen molar-refractivity contribution in [1.29, 1.82) is 0 Å². The zero-order chi connectivity index (χ0) is 16.8. The summed E-state index contributed by atoms with van der Waals surface area (Å²) in [5.41, 5.74) is 1.62. The minimum Gasteiger partial charge on any atom is -0.619 e. The van der Waals surface area contributed by atoms with Gasteiger partial charge in [-0.2, -0.15) is 4.73 Å². The molecule has 126 valence electrons. The lowest BCUT2D eigenvalue weighted by Gasteiger charge is -2.33. The highest BCUT2D eigenvalue weighted by atomic mass is 16.5. The molecule has 1 aliphatic heterocycles. The summed E-state index contributed by atoms with van der Waals surface area (Å²) in [6.45, 7) is 3.61. The maximum absolute atomic E-state index is 12.1. The maximum Gasteiger partial charge on any atom is 0.257 e. The van der Waals surface area contributed by atoms with Crippen molar-refractivity contribution in [2.75, 3.05) is 26.2 Å². The van der Waals surface area contributed by atoms with Crippen molar-refractivity contribution in [2.24, 2.45) is 0 Å². The molecule has 0 bridgehead atoms. The lowest BCUT2D eigenvalue weighted by molar-refractivity contribution is -0.605. The second kappa shape index (κ2) is 7.90. The van der Waals surface area contributed by atoms with Gasteiger partial charge in [-0.05, 0) is 11.6 Å². The van der Waals surface area contributed by atoms with E-state index < -0.39 is 0 Å². The van der Waals surface area contributed by atoms with Gasteiger partial charge in [0, 0.05) is 32.2 Å². The van der Waals surface area contributed by atoms with Crippen LogP contribution >= 0.6 is 0 Å². The zero-order valence-electron chi connectivity index (χ0n) is 13.4. The molecule has 0 aliphatic carbocycles. The molecule has 0 radical (unpaired) electrons. The smallest absolute Gasteiger partial charge is 0.257 e. The van der Waals surface area contributed by atoms with Crippen molar-refractivity contribution in [3.63, 3.8) is 0 Å². The fourth-order valence-electron chi connectivity index (χ4n) is 2.79. The fourth-order valence-corrected chi connectivity index (χ4v) is 2.79. The van der Waals surface area contributed by atoms with Crippen LogP contribution in [0.1, 0.15) is 15.9 Å². The number of benzene rings is 1. The lowest BCUT2D eigenvalue weighted by Crippen LogP contribution is -2.47. The molecule has 1 amide bonds. The normalized spacial score (nSPS) is 18.2. The van der Waals surface area contributed by atoms with Crippen LogP contribution in [0.2, 0.25) is 0 Å². The average molecular weight is 327 g/mol. The molecule has 6 nitrogen and oxygen atoms in total. The third-order valence-corrected chi connectivity index (χ3v) is 4.00. The van der Waals surface area contributed by atoms with Crippen molar-refractivity contribution in [1.82, 2.24) is 10.2 Å². The van der Waals surface area contributed by atoms with Crippen LogP contribution < -0.4 is 10.0 Å². The molecule has 2 aromatic rings. The predicted octanol–water partition coefficient (Wildman–Crippen LogP) is 0.951. The van der Waals surface area contributed by atoms with E-state index in [1.54, 1.807) is 12.1 Å². The molecule has 1 fully saturated rings. The van der Waals surface area contributed by atoms with Crippen LogP contribution in [-0.2, 0) is 11.3 Å². The Labute approximate surface area is 141 Å². The van der Waals surface area contributed by atoms with E-state index >= 15 is 0 Å². The van der Waals surface area contributed by atoms with E-state index in [0.717, 1.165) is 19.6 Å². The number of ether oxygens (including phenoxy) is 1. The van der Waals surface area contributed by atoms with Crippen LogP contribution in [0.25, 0.3) is 0 Å². The Bertz CT molecular complexity index is 678. The van der Waals surface area contributed by atoms with Crippen LogP contribution in [0, 0.1) is 5.21 Å². The molecular weight excluding hydrogens is 306 g/mol.